The monoisotopic (exact) mass is 1410 g/mol. The zero-order valence-corrected chi connectivity index (χ0v) is 64.6. The number of ether oxygens (including phenoxy) is 4. The van der Waals surface area contributed by atoms with Gasteiger partial charge in [-0.3, -0.25) is 37.3 Å². The molecule has 96 heavy (non-hydrogen) atoms. The Kier molecular flexibility index (Phi) is 66.2. The lowest BCUT2D eigenvalue weighted by Crippen LogP contribution is -2.30. The third kappa shape index (κ3) is 69.2. The molecule has 19 heteroatoms. The van der Waals surface area contributed by atoms with Gasteiger partial charge in [-0.15, -0.1) is 0 Å². The van der Waals surface area contributed by atoms with E-state index in [0.29, 0.717) is 31.6 Å². The molecule has 0 aromatic carbocycles. The topological polar surface area (TPSA) is 237 Å². The predicted molar refractivity (Wildman–Crippen MR) is 391 cm³/mol. The lowest BCUT2D eigenvalue weighted by atomic mass is 9.99. The summed E-state index contributed by atoms with van der Waals surface area (Å²) >= 11 is 0. The molecular formula is C77H150O17P2. The number of aliphatic hydroxyl groups excluding tert-OH is 1. The summed E-state index contributed by atoms with van der Waals surface area (Å²) in [5, 5.41) is 10.6. The van der Waals surface area contributed by atoms with Crippen LogP contribution in [0.4, 0.5) is 0 Å². The maximum absolute atomic E-state index is 13.1. The predicted octanol–water partition coefficient (Wildman–Crippen LogP) is 22.6. The number of carbonyl (C=O) groups excluding carboxylic acids is 4. The molecular weight excluding hydrogens is 1260 g/mol. The lowest BCUT2D eigenvalue weighted by Gasteiger charge is -2.21. The maximum Gasteiger partial charge on any atom is 0.472 e. The van der Waals surface area contributed by atoms with Crippen molar-refractivity contribution in [3.05, 3.63) is 0 Å². The highest BCUT2D eigenvalue weighted by Crippen LogP contribution is 2.45. The average Bonchev–Trinajstić information content (AvgIpc) is 1.28. The van der Waals surface area contributed by atoms with E-state index >= 15 is 0 Å². The van der Waals surface area contributed by atoms with Crippen molar-refractivity contribution in [3.63, 3.8) is 0 Å². The van der Waals surface area contributed by atoms with Crippen molar-refractivity contribution >= 4 is 39.5 Å². The third-order valence-electron chi connectivity index (χ3n) is 18.2. The molecule has 0 saturated heterocycles. The van der Waals surface area contributed by atoms with Crippen LogP contribution in [0.2, 0.25) is 0 Å². The number of phosphoric acid groups is 2. The molecule has 0 rings (SSSR count). The number of hydrogen-bond donors (Lipinski definition) is 3. The van der Waals surface area contributed by atoms with Crippen molar-refractivity contribution < 1.29 is 80.2 Å². The van der Waals surface area contributed by atoms with Crippen LogP contribution in [-0.4, -0.2) is 96.7 Å². The first-order valence-corrected chi connectivity index (χ1v) is 42.9. The highest BCUT2D eigenvalue weighted by molar-refractivity contribution is 7.47. The number of aliphatic hydroxyl groups is 1. The number of esters is 4. The Morgan fingerprint density at radius 1 is 0.302 bits per heavy atom. The zero-order chi connectivity index (χ0) is 70.9. The maximum atomic E-state index is 13.1. The Hall–Kier alpha value is -1.94. The standard InChI is InChI=1S/C77H150O17P2/c1-8-10-11-12-13-14-15-18-26-31-38-46-53-60-76(81)94-73(65-88-75(80)59-52-45-40-33-35-42-49-56-69(5)6)67-92-96(85,86)90-63-71(78)62-89-95(83,84)91-66-72(64-87-74(79)58-51-44-37-30-25-22-21-23-28-34-41-48-55-68(3)4)93-77(82)61-54-47-39-32-27-20-17-16-19-24-29-36-43-50-57-70(7)9-2/h68-73,78H,8-67H2,1-7H3,(H,83,84)(H,85,86)/t70?,71-,72-,73-/m1/s1. The normalized spacial score (nSPS) is 14.3. The van der Waals surface area contributed by atoms with Crippen LogP contribution in [0.5, 0.6) is 0 Å². The van der Waals surface area contributed by atoms with E-state index in [0.717, 1.165) is 108 Å². The van der Waals surface area contributed by atoms with Crippen LogP contribution in [0, 0.1) is 17.8 Å². The van der Waals surface area contributed by atoms with Gasteiger partial charge in [0.15, 0.2) is 12.2 Å². The second-order valence-electron chi connectivity index (χ2n) is 28.9. The molecule has 3 unspecified atom stereocenters. The molecule has 17 nitrogen and oxygen atoms in total. The Labute approximate surface area is 588 Å². The van der Waals surface area contributed by atoms with E-state index in [4.69, 9.17) is 37.0 Å². The fraction of sp³-hybridized carbons (Fsp3) is 0.948. The second-order valence-corrected chi connectivity index (χ2v) is 31.8. The Bertz CT molecular complexity index is 1870. The molecule has 0 aromatic rings. The van der Waals surface area contributed by atoms with Gasteiger partial charge in [-0.2, -0.15) is 0 Å². The van der Waals surface area contributed by atoms with Gasteiger partial charge in [0.05, 0.1) is 26.4 Å². The van der Waals surface area contributed by atoms with Gasteiger partial charge in [0, 0.05) is 25.7 Å². The largest absolute Gasteiger partial charge is 0.472 e. The first kappa shape index (κ1) is 94.1. The first-order chi connectivity index (χ1) is 46.3. The van der Waals surface area contributed by atoms with Gasteiger partial charge in [0.1, 0.15) is 19.3 Å². The minimum atomic E-state index is -4.96. The molecule has 0 bridgehead atoms. The molecule has 0 amide bonds. The molecule has 0 aliphatic carbocycles. The van der Waals surface area contributed by atoms with Crippen molar-refractivity contribution in [1.82, 2.24) is 0 Å². The highest BCUT2D eigenvalue weighted by Gasteiger charge is 2.30. The summed E-state index contributed by atoms with van der Waals surface area (Å²) < 4.78 is 68.6. The van der Waals surface area contributed by atoms with Crippen molar-refractivity contribution in [2.75, 3.05) is 39.6 Å². The zero-order valence-electron chi connectivity index (χ0n) is 62.8. The molecule has 0 saturated carbocycles. The van der Waals surface area contributed by atoms with E-state index in [1.165, 1.54) is 199 Å². The number of hydrogen-bond acceptors (Lipinski definition) is 15. The van der Waals surface area contributed by atoms with Crippen LogP contribution in [0.15, 0.2) is 0 Å². The van der Waals surface area contributed by atoms with Gasteiger partial charge in [-0.25, -0.2) is 9.13 Å². The van der Waals surface area contributed by atoms with Crippen LogP contribution in [0.3, 0.4) is 0 Å². The van der Waals surface area contributed by atoms with Crippen LogP contribution >= 0.6 is 15.6 Å². The second kappa shape index (κ2) is 67.5. The van der Waals surface area contributed by atoms with E-state index in [1.54, 1.807) is 0 Å². The fourth-order valence-corrected chi connectivity index (χ4v) is 13.3. The lowest BCUT2D eigenvalue weighted by molar-refractivity contribution is -0.161. The van der Waals surface area contributed by atoms with E-state index in [-0.39, 0.29) is 25.7 Å². The summed E-state index contributed by atoms with van der Waals surface area (Å²) in [4.78, 5) is 72.9. The minimum Gasteiger partial charge on any atom is -0.462 e. The van der Waals surface area contributed by atoms with Crippen molar-refractivity contribution in [2.45, 2.75) is 414 Å². The SMILES string of the molecule is CCCCCCCCCCCCCCCC(=O)O[C@H](COC(=O)CCCCCCCCCC(C)C)COP(=O)(O)OC[C@H](O)COP(=O)(O)OC[C@@H](COC(=O)CCCCCCCCCCCCCCC(C)C)OC(=O)CCCCCCCCCCCCCCCCC(C)CC. The summed E-state index contributed by atoms with van der Waals surface area (Å²) in [5.74, 6) is 0.217. The molecule has 0 heterocycles. The van der Waals surface area contributed by atoms with Gasteiger partial charge in [-0.05, 0) is 43.4 Å². The van der Waals surface area contributed by atoms with E-state index < -0.39 is 97.5 Å². The molecule has 0 aliphatic heterocycles. The molecule has 0 spiro atoms. The summed E-state index contributed by atoms with van der Waals surface area (Å²) in [7, 11) is -9.91. The molecule has 0 fully saturated rings. The number of carbonyl (C=O) groups is 4. The molecule has 6 atom stereocenters. The van der Waals surface area contributed by atoms with Gasteiger partial charge in [0.25, 0.3) is 0 Å². The molecule has 3 N–H and O–H groups in total. The van der Waals surface area contributed by atoms with Crippen LogP contribution < -0.4 is 0 Å². The summed E-state index contributed by atoms with van der Waals surface area (Å²) in [6.45, 7) is 11.9. The Morgan fingerprint density at radius 2 is 0.531 bits per heavy atom. The quantitative estimate of drug-likeness (QED) is 0.0222. The van der Waals surface area contributed by atoms with E-state index in [9.17, 15) is 43.2 Å². The van der Waals surface area contributed by atoms with Crippen molar-refractivity contribution in [1.29, 1.82) is 0 Å². The number of unbranched alkanes of at least 4 members (excludes halogenated alkanes) is 42. The molecule has 0 radical (unpaired) electrons. The third-order valence-corrected chi connectivity index (χ3v) is 20.1. The van der Waals surface area contributed by atoms with Gasteiger partial charge in [0.2, 0.25) is 0 Å². The molecule has 570 valence electrons. The van der Waals surface area contributed by atoms with Crippen molar-refractivity contribution in [3.8, 4) is 0 Å². The molecule has 0 aromatic heterocycles. The minimum absolute atomic E-state index is 0.107. The van der Waals surface area contributed by atoms with Crippen LogP contribution in [-0.2, 0) is 65.4 Å². The number of phosphoric ester groups is 2. The Balaban J connectivity index is 5.25. The van der Waals surface area contributed by atoms with Gasteiger partial charge < -0.3 is 33.8 Å². The molecule has 0 aliphatic rings. The average molecular weight is 1410 g/mol. The van der Waals surface area contributed by atoms with Crippen molar-refractivity contribution in [2.24, 2.45) is 17.8 Å². The van der Waals surface area contributed by atoms with E-state index in [2.05, 4.69) is 48.5 Å². The van der Waals surface area contributed by atoms with Gasteiger partial charge in [-0.1, -0.05) is 344 Å². The highest BCUT2D eigenvalue weighted by atomic mass is 31.2. The van der Waals surface area contributed by atoms with Crippen LogP contribution in [0.1, 0.15) is 395 Å². The fourth-order valence-electron chi connectivity index (χ4n) is 11.7. The van der Waals surface area contributed by atoms with Gasteiger partial charge >= 0.3 is 39.5 Å². The van der Waals surface area contributed by atoms with Crippen LogP contribution in [0.25, 0.3) is 0 Å². The summed E-state index contributed by atoms with van der Waals surface area (Å²) in [5.41, 5.74) is 0. The van der Waals surface area contributed by atoms with E-state index in [1.807, 2.05) is 0 Å². The Morgan fingerprint density at radius 3 is 0.792 bits per heavy atom. The summed E-state index contributed by atoms with van der Waals surface area (Å²) in [6.07, 6.45) is 54.0. The first-order valence-electron chi connectivity index (χ1n) is 39.9. The smallest absolute Gasteiger partial charge is 0.462 e. The number of rotatable bonds is 75. The summed E-state index contributed by atoms with van der Waals surface area (Å²) in [6, 6.07) is 0.